The molecule has 0 bridgehead atoms. The molecule has 2 aromatic rings. The monoisotopic (exact) mass is 423 g/mol. The lowest BCUT2D eigenvalue weighted by molar-refractivity contribution is -0.134. The lowest BCUT2D eigenvalue weighted by Gasteiger charge is -2.20. The summed E-state index contributed by atoms with van der Waals surface area (Å²) in [5.74, 6) is -0.539. The summed E-state index contributed by atoms with van der Waals surface area (Å²) in [7, 11) is 0. The Morgan fingerprint density at radius 1 is 1.17 bits per heavy atom. The van der Waals surface area contributed by atoms with Gasteiger partial charge in [0.15, 0.2) is 0 Å². The number of amides is 4. The molecule has 2 aliphatic rings. The Kier molecular flexibility index (Phi) is 5.32. The fourth-order valence-electron chi connectivity index (χ4n) is 3.69. The van der Waals surface area contributed by atoms with E-state index >= 15 is 0 Å². The van der Waals surface area contributed by atoms with Crippen molar-refractivity contribution in [1.29, 1.82) is 0 Å². The smallest absolute Gasteiger partial charge is 0.325 e. The van der Waals surface area contributed by atoms with Crippen molar-refractivity contribution < 1.29 is 14.4 Å². The number of hydrogen-bond acceptors (Lipinski definition) is 4. The van der Waals surface area contributed by atoms with Crippen LogP contribution in [0.5, 0.6) is 0 Å². The summed E-state index contributed by atoms with van der Waals surface area (Å²) < 4.78 is 0. The van der Waals surface area contributed by atoms with Gasteiger partial charge in [0, 0.05) is 15.5 Å². The van der Waals surface area contributed by atoms with E-state index in [2.05, 4.69) is 42.7 Å². The molecule has 1 saturated heterocycles. The van der Waals surface area contributed by atoms with Crippen LogP contribution in [-0.4, -0.2) is 34.8 Å². The number of hydrogen-bond donors (Lipinski definition) is 2. The van der Waals surface area contributed by atoms with Gasteiger partial charge in [0.1, 0.15) is 12.1 Å². The summed E-state index contributed by atoms with van der Waals surface area (Å²) in [6, 6.07) is 13.4. The van der Waals surface area contributed by atoms with Crippen LogP contribution in [0.2, 0.25) is 0 Å². The van der Waals surface area contributed by atoms with Crippen molar-refractivity contribution in [2.24, 2.45) is 5.92 Å². The Balaban J connectivity index is 1.36. The first-order chi connectivity index (χ1) is 14.3. The molecule has 1 atom stereocenters. The van der Waals surface area contributed by atoms with Gasteiger partial charge < -0.3 is 10.6 Å². The van der Waals surface area contributed by atoms with Gasteiger partial charge in [-0.15, -0.1) is 0 Å². The third-order valence-electron chi connectivity index (χ3n) is 5.71. The second-order valence-electron chi connectivity index (χ2n) is 8.24. The number of rotatable bonds is 6. The molecule has 1 aliphatic heterocycles. The molecule has 1 aliphatic carbocycles. The Labute approximate surface area is 180 Å². The van der Waals surface area contributed by atoms with Crippen molar-refractivity contribution in [3.63, 3.8) is 0 Å². The van der Waals surface area contributed by atoms with Gasteiger partial charge in [0.25, 0.3) is 5.91 Å². The average molecular weight is 424 g/mol. The molecule has 30 heavy (non-hydrogen) atoms. The Bertz CT molecular complexity index is 1020. The minimum absolute atomic E-state index is 0.170. The van der Waals surface area contributed by atoms with Crippen molar-refractivity contribution in [1.82, 2.24) is 10.2 Å². The predicted octanol–water partition coefficient (Wildman–Crippen LogP) is 4.11. The molecule has 2 N–H and O–H groups in total. The lowest BCUT2D eigenvalue weighted by Crippen LogP contribution is -2.46. The average Bonchev–Trinajstić information content (AvgIpc) is 3.52. The number of imide groups is 1. The molecule has 4 amide bonds. The first-order valence-electron chi connectivity index (χ1n) is 10.1. The fraction of sp³-hybridized carbons (Fsp3) is 0.348. The molecule has 1 heterocycles. The van der Waals surface area contributed by atoms with Crippen LogP contribution < -0.4 is 10.6 Å². The molecular weight excluding hydrogens is 398 g/mol. The maximum atomic E-state index is 12.6. The molecule has 4 rings (SSSR count). The van der Waals surface area contributed by atoms with Crippen LogP contribution in [0.15, 0.2) is 52.3 Å². The fourth-order valence-corrected chi connectivity index (χ4v) is 4.69. The van der Waals surface area contributed by atoms with Crippen LogP contribution in [-0.2, 0) is 9.59 Å². The van der Waals surface area contributed by atoms with E-state index in [0.717, 1.165) is 22.6 Å². The van der Waals surface area contributed by atoms with E-state index in [1.54, 1.807) is 18.7 Å². The maximum absolute atomic E-state index is 12.6. The van der Waals surface area contributed by atoms with Gasteiger partial charge in [-0.25, -0.2) is 4.79 Å². The van der Waals surface area contributed by atoms with Crippen molar-refractivity contribution in [2.75, 3.05) is 11.9 Å². The number of carbonyl (C=O) groups is 3. The summed E-state index contributed by atoms with van der Waals surface area (Å²) in [5, 5.41) is 5.53. The van der Waals surface area contributed by atoms with Gasteiger partial charge in [-0.05, 0) is 81.0 Å². The molecule has 2 aromatic carbocycles. The highest BCUT2D eigenvalue weighted by molar-refractivity contribution is 7.99. The highest BCUT2D eigenvalue weighted by Gasteiger charge is 2.56. The van der Waals surface area contributed by atoms with E-state index in [0.29, 0.717) is 5.69 Å². The Hall–Kier alpha value is -2.80. The number of anilines is 1. The van der Waals surface area contributed by atoms with E-state index in [9.17, 15) is 14.4 Å². The molecular formula is C23H25N3O3S. The van der Waals surface area contributed by atoms with Gasteiger partial charge >= 0.3 is 6.03 Å². The zero-order valence-electron chi connectivity index (χ0n) is 17.3. The minimum atomic E-state index is -0.871. The van der Waals surface area contributed by atoms with Crippen LogP contribution in [0, 0.1) is 19.8 Å². The minimum Gasteiger partial charge on any atom is -0.325 e. The van der Waals surface area contributed by atoms with E-state index in [1.807, 2.05) is 24.3 Å². The van der Waals surface area contributed by atoms with Gasteiger partial charge in [-0.1, -0.05) is 23.9 Å². The molecule has 7 heteroatoms. The van der Waals surface area contributed by atoms with Crippen molar-refractivity contribution >= 4 is 35.3 Å². The predicted molar refractivity (Wildman–Crippen MR) is 116 cm³/mol. The molecule has 2 fully saturated rings. The molecule has 6 nitrogen and oxygen atoms in total. The summed E-state index contributed by atoms with van der Waals surface area (Å²) in [6.07, 6.45) is 1.85. The quantitative estimate of drug-likeness (QED) is 0.686. The molecule has 0 aromatic heterocycles. The Morgan fingerprint density at radius 3 is 2.53 bits per heavy atom. The SMILES string of the molecule is Cc1ccc(C)c(Sc2ccc(NC(=O)CN3C(=O)N[C@@](C)(C4CC4)C3=O)cc2)c1. The van der Waals surface area contributed by atoms with Crippen LogP contribution in [0.25, 0.3) is 0 Å². The van der Waals surface area contributed by atoms with Gasteiger partial charge in [-0.2, -0.15) is 0 Å². The lowest BCUT2D eigenvalue weighted by atomic mass is 9.96. The highest BCUT2D eigenvalue weighted by atomic mass is 32.2. The summed E-state index contributed by atoms with van der Waals surface area (Å²) >= 11 is 1.67. The van der Waals surface area contributed by atoms with Crippen molar-refractivity contribution in [3.8, 4) is 0 Å². The summed E-state index contributed by atoms with van der Waals surface area (Å²) in [6.45, 7) is 5.61. The van der Waals surface area contributed by atoms with Crippen molar-refractivity contribution in [2.45, 2.75) is 48.9 Å². The normalized spacial score (nSPS) is 21.0. The first kappa shape index (κ1) is 20.5. The van der Waals surface area contributed by atoms with Crippen LogP contribution >= 0.6 is 11.8 Å². The van der Waals surface area contributed by atoms with Gasteiger partial charge in [0.2, 0.25) is 5.91 Å². The van der Waals surface area contributed by atoms with E-state index in [4.69, 9.17) is 0 Å². The third kappa shape index (κ3) is 4.07. The second-order valence-corrected chi connectivity index (χ2v) is 9.36. The number of nitrogens with one attached hydrogen (secondary N) is 2. The van der Waals surface area contributed by atoms with E-state index < -0.39 is 17.5 Å². The first-order valence-corrected chi connectivity index (χ1v) is 10.9. The second kappa shape index (κ2) is 7.80. The number of carbonyl (C=O) groups excluding carboxylic acids is 3. The number of benzene rings is 2. The van der Waals surface area contributed by atoms with E-state index in [1.165, 1.54) is 16.0 Å². The third-order valence-corrected chi connectivity index (χ3v) is 6.87. The van der Waals surface area contributed by atoms with Crippen LogP contribution in [0.3, 0.4) is 0 Å². The van der Waals surface area contributed by atoms with Gasteiger partial charge in [-0.3, -0.25) is 14.5 Å². The summed E-state index contributed by atoms with van der Waals surface area (Å²) in [4.78, 5) is 40.5. The standard InChI is InChI=1S/C23H25N3O3S/c1-14-4-5-15(2)19(12-14)30-18-10-8-17(9-11-18)24-20(27)13-26-21(28)23(3,16-6-7-16)25-22(26)29/h4-5,8-12,16H,6-7,13H2,1-3H3,(H,24,27)(H,25,29)/t23-/m0/s1. The number of urea groups is 1. The number of aryl methyl sites for hydroxylation is 2. The zero-order chi connectivity index (χ0) is 21.5. The van der Waals surface area contributed by atoms with Gasteiger partial charge in [0.05, 0.1) is 0 Å². The van der Waals surface area contributed by atoms with Crippen LogP contribution in [0.4, 0.5) is 10.5 Å². The Morgan fingerprint density at radius 2 is 1.87 bits per heavy atom. The molecule has 156 valence electrons. The maximum Gasteiger partial charge on any atom is 0.325 e. The summed E-state index contributed by atoms with van der Waals surface area (Å²) in [5.41, 5.74) is 2.19. The highest BCUT2D eigenvalue weighted by Crippen LogP contribution is 2.42. The zero-order valence-corrected chi connectivity index (χ0v) is 18.1. The van der Waals surface area contributed by atoms with Crippen molar-refractivity contribution in [3.05, 3.63) is 53.6 Å². The largest absolute Gasteiger partial charge is 0.325 e. The van der Waals surface area contributed by atoms with E-state index in [-0.39, 0.29) is 18.4 Å². The molecule has 1 saturated carbocycles. The molecule has 0 unspecified atom stereocenters. The van der Waals surface area contributed by atoms with Crippen LogP contribution in [0.1, 0.15) is 30.9 Å². The molecule has 0 radical (unpaired) electrons. The molecule has 0 spiro atoms. The number of nitrogens with zero attached hydrogens (tertiary/aromatic N) is 1. The topological polar surface area (TPSA) is 78.5 Å².